The molecule has 6 nitrogen and oxygen atoms in total. The predicted molar refractivity (Wildman–Crippen MR) is 97.6 cm³/mol. The van der Waals surface area contributed by atoms with Crippen molar-refractivity contribution in [2.75, 3.05) is 57.9 Å². The van der Waals surface area contributed by atoms with Gasteiger partial charge in [-0.15, -0.1) is 0 Å². The summed E-state index contributed by atoms with van der Waals surface area (Å²) < 4.78 is 10.9. The molecule has 2 aliphatic rings. The summed E-state index contributed by atoms with van der Waals surface area (Å²) in [4.78, 5) is 16.9. The number of nitrogens with zero attached hydrogens (tertiary/aromatic N) is 2. The number of carbonyl (C=O) groups excluding carboxylic acids is 1. The first-order valence-corrected chi connectivity index (χ1v) is 9.05. The number of benzene rings is 1. The summed E-state index contributed by atoms with van der Waals surface area (Å²) in [6.45, 7) is 11.3. The third kappa shape index (κ3) is 5.25. The molecule has 0 bridgehead atoms. The summed E-state index contributed by atoms with van der Waals surface area (Å²) in [6.07, 6.45) is 0. The van der Waals surface area contributed by atoms with Gasteiger partial charge in [0.1, 0.15) is 0 Å². The van der Waals surface area contributed by atoms with Crippen molar-refractivity contribution in [2.45, 2.75) is 25.9 Å². The quantitative estimate of drug-likeness (QED) is 0.876. The molecular formula is C19H29N3O3. The molecule has 0 atom stereocenters. The van der Waals surface area contributed by atoms with Crippen LogP contribution in [0.3, 0.4) is 0 Å². The molecule has 0 saturated carbocycles. The lowest BCUT2D eigenvalue weighted by Crippen LogP contribution is -2.55. The van der Waals surface area contributed by atoms with Gasteiger partial charge in [0.2, 0.25) is 5.91 Å². The molecule has 3 rings (SSSR count). The highest BCUT2D eigenvalue weighted by molar-refractivity contribution is 5.92. The summed E-state index contributed by atoms with van der Waals surface area (Å²) in [5.41, 5.74) is 2.01. The summed E-state index contributed by atoms with van der Waals surface area (Å²) in [6, 6.07) is 8.14. The molecular weight excluding hydrogens is 318 g/mol. The Morgan fingerprint density at radius 1 is 1.08 bits per heavy atom. The highest BCUT2D eigenvalue weighted by atomic mass is 16.5. The van der Waals surface area contributed by atoms with Crippen LogP contribution in [-0.2, 0) is 20.8 Å². The Kier molecular flexibility index (Phi) is 6.06. The number of carbonyl (C=O) groups is 1. The third-order valence-electron chi connectivity index (χ3n) is 4.90. The Bertz CT molecular complexity index is 568. The molecule has 1 aromatic carbocycles. The van der Waals surface area contributed by atoms with Gasteiger partial charge in [-0.05, 0) is 31.5 Å². The second-order valence-corrected chi connectivity index (χ2v) is 7.42. The largest absolute Gasteiger partial charge is 0.379 e. The number of amides is 1. The molecule has 0 aliphatic carbocycles. The first-order chi connectivity index (χ1) is 12.0. The molecule has 1 N–H and O–H groups in total. The van der Waals surface area contributed by atoms with E-state index in [1.807, 2.05) is 12.1 Å². The Labute approximate surface area is 150 Å². The molecule has 2 fully saturated rings. The zero-order valence-electron chi connectivity index (χ0n) is 15.3. The fraction of sp³-hybridized carbons (Fsp3) is 0.632. The SMILES string of the molecule is CC1(C)COCCN1CC(=O)Nc1ccc(CN2CCOCC2)cc1. The molecule has 0 radical (unpaired) electrons. The standard InChI is InChI=1S/C19H29N3O3/c1-19(2)15-25-12-9-22(19)14-18(23)20-17-5-3-16(4-6-17)13-21-7-10-24-11-8-21/h3-6H,7-15H2,1-2H3,(H,20,23). The first kappa shape index (κ1) is 18.3. The molecule has 1 amide bonds. The van der Waals surface area contributed by atoms with Gasteiger partial charge in [-0.1, -0.05) is 12.1 Å². The smallest absolute Gasteiger partial charge is 0.238 e. The van der Waals surface area contributed by atoms with Crippen LogP contribution in [0.1, 0.15) is 19.4 Å². The topological polar surface area (TPSA) is 54.0 Å². The molecule has 25 heavy (non-hydrogen) atoms. The Balaban J connectivity index is 1.49. The van der Waals surface area contributed by atoms with Crippen molar-refractivity contribution < 1.29 is 14.3 Å². The van der Waals surface area contributed by atoms with Gasteiger partial charge in [-0.2, -0.15) is 0 Å². The van der Waals surface area contributed by atoms with E-state index in [2.05, 4.69) is 41.1 Å². The predicted octanol–water partition coefficient (Wildman–Crippen LogP) is 1.57. The van der Waals surface area contributed by atoms with Gasteiger partial charge >= 0.3 is 0 Å². The zero-order chi connectivity index (χ0) is 17.7. The van der Waals surface area contributed by atoms with Crippen molar-refractivity contribution in [1.82, 2.24) is 9.80 Å². The van der Waals surface area contributed by atoms with Crippen LogP contribution in [-0.4, -0.2) is 73.9 Å². The average Bonchev–Trinajstić information content (AvgIpc) is 2.59. The van der Waals surface area contributed by atoms with E-state index in [-0.39, 0.29) is 11.4 Å². The third-order valence-corrected chi connectivity index (χ3v) is 4.90. The highest BCUT2D eigenvalue weighted by Gasteiger charge is 2.31. The Hall–Kier alpha value is -1.47. The van der Waals surface area contributed by atoms with E-state index >= 15 is 0 Å². The number of nitrogens with one attached hydrogen (secondary N) is 1. The van der Waals surface area contributed by atoms with E-state index in [1.54, 1.807) is 0 Å². The van der Waals surface area contributed by atoms with Crippen LogP contribution >= 0.6 is 0 Å². The fourth-order valence-electron chi connectivity index (χ4n) is 3.27. The van der Waals surface area contributed by atoms with Gasteiger partial charge in [0.15, 0.2) is 0 Å². The molecule has 138 valence electrons. The minimum absolute atomic E-state index is 0.0240. The van der Waals surface area contributed by atoms with E-state index in [0.29, 0.717) is 19.8 Å². The number of hydrogen-bond donors (Lipinski definition) is 1. The molecule has 2 aliphatic heterocycles. The summed E-state index contributed by atoms with van der Waals surface area (Å²) in [5, 5.41) is 3.00. The number of rotatable bonds is 5. The maximum absolute atomic E-state index is 12.4. The normalized spacial score (nSPS) is 21.8. The summed E-state index contributed by atoms with van der Waals surface area (Å²) in [7, 11) is 0. The fourth-order valence-corrected chi connectivity index (χ4v) is 3.27. The monoisotopic (exact) mass is 347 g/mol. The van der Waals surface area contributed by atoms with Crippen LogP contribution in [0.2, 0.25) is 0 Å². The van der Waals surface area contributed by atoms with E-state index in [1.165, 1.54) is 5.56 Å². The number of hydrogen-bond acceptors (Lipinski definition) is 5. The molecule has 1 aromatic rings. The van der Waals surface area contributed by atoms with E-state index in [4.69, 9.17) is 9.47 Å². The Morgan fingerprint density at radius 2 is 1.76 bits per heavy atom. The van der Waals surface area contributed by atoms with Crippen molar-refractivity contribution in [1.29, 1.82) is 0 Å². The van der Waals surface area contributed by atoms with E-state index in [9.17, 15) is 4.79 Å². The lowest BCUT2D eigenvalue weighted by molar-refractivity contribution is -0.122. The highest BCUT2D eigenvalue weighted by Crippen LogP contribution is 2.19. The van der Waals surface area contributed by atoms with Crippen LogP contribution in [0.25, 0.3) is 0 Å². The maximum atomic E-state index is 12.4. The van der Waals surface area contributed by atoms with Crippen LogP contribution in [0.15, 0.2) is 24.3 Å². The van der Waals surface area contributed by atoms with Crippen molar-refractivity contribution in [3.63, 3.8) is 0 Å². The molecule has 2 heterocycles. The average molecular weight is 347 g/mol. The first-order valence-electron chi connectivity index (χ1n) is 9.05. The minimum Gasteiger partial charge on any atom is -0.379 e. The number of anilines is 1. The zero-order valence-corrected chi connectivity index (χ0v) is 15.3. The summed E-state index contributed by atoms with van der Waals surface area (Å²) in [5.74, 6) is 0.0240. The van der Waals surface area contributed by atoms with Gasteiger partial charge in [-0.25, -0.2) is 0 Å². The Morgan fingerprint density at radius 3 is 2.44 bits per heavy atom. The minimum atomic E-state index is -0.0996. The lowest BCUT2D eigenvalue weighted by atomic mass is 10.0. The van der Waals surface area contributed by atoms with Crippen molar-refractivity contribution >= 4 is 11.6 Å². The maximum Gasteiger partial charge on any atom is 0.238 e. The van der Waals surface area contributed by atoms with Gasteiger partial charge in [-0.3, -0.25) is 14.6 Å². The number of morpholine rings is 2. The molecule has 0 spiro atoms. The van der Waals surface area contributed by atoms with Gasteiger partial charge in [0.25, 0.3) is 0 Å². The van der Waals surface area contributed by atoms with Gasteiger partial charge in [0.05, 0.1) is 33.0 Å². The van der Waals surface area contributed by atoms with Crippen molar-refractivity contribution in [3.05, 3.63) is 29.8 Å². The van der Waals surface area contributed by atoms with E-state index in [0.717, 1.165) is 45.1 Å². The molecule has 2 saturated heterocycles. The number of ether oxygens (including phenoxy) is 2. The van der Waals surface area contributed by atoms with Crippen LogP contribution < -0.4 is 5.32 Å². The van der Waals surface area contributed by atoms with Crippen LogP contribution in [0.5, 0.6) is 0 Å². The second kappa shape index (κ2) is 8.27. The molecule has 6 heteroatoms. The molecule has 0 aromatic heterocycles. The van der Waals surface area contributed by atoms with Crippen molar-refractivity contribution in [3.8, 4) is 0 Å². The van der Waals surface area contributed by atoms with Crippen molar-refractivity contribution in [2.24, 2.45) is 0 Å². The van der Waals surface area contributed by atoms with E-state index < -0.39 is 0 Å². The molecule has 0 unspecified atom stereocenters. The lowest BCUT2D eigenvalue weighted by Gasteiger charge is -2.41. The van der Waals surface area contributed by atoms with Crippen LogP contribution in [0.4, 0.5) is 5.69 Å². The second-order valence-electron chi connectivity index (χ2n) is 7.42. The van der Waals surface area contributed by atoms with Gasteiger partial charge in [0, 0.05) is 37.4 Å². The van der Waals surface area contributed by atoms with Crippen LogP contribution in [0, 0.1) is 0 Å². The summed E-state index contributed by atoms with van der Waals surface area (Å²) >= 11 is 0. The van der Waals surface area contributed by atoms with Gasteiger partial charge < -0.3 is 14.8 Å².